The standard InChI is InChI=1S/C15H20N2O2/c1-4-11-5-7-14(19-3)13(9-11)12(10-16)6-8-15(18)17-2/h5,7,9,12H,4,6,8H2,1-3H3,(H,17,18). The number of nitrogens with zero attached hydrogens (tertiary/aromatic N) is 1. The Morgan fingerprint density at radius 3 is 2.79 bits per heavy atom. The molecular weight excluding hydrogens is 240 g/mol. The number of rotatable bonds is 6. The smallest absolute Gasteiger partial charge is 0.219 e. The molecule has 0 spiro atoms. The number of nitriles is 1. The lowest BCUT2D eigenvalue weighted by Crippen LogP contribution is -2.18. The summed E-state index contributed by atoms with van der Waals surface area (Å²) in [4.78, 5) is 11.3. The maximum Gasteiger partial charge on any atom is 0.219 e. The first-order valence-electron chi connectivity index (χ1n) is 6.43. The highest BCUT2D eigenvalue weighted by Gasteiger charge is 2.17. The molecule has 1 aromatic rings. The van der Waals surface area contributed by atoms with Gasteiger partial charge in [0.05, 0.1) is 19.1 Å². The third-order valence-electron chi connectivity index (χ3n) is 3.17. The van der Waals surface area contributed by atoms with E-state index in [-0.39, 0.29) is 11.8 Å². The monoisotopic (exact) mass is 260 g/mol. The molecule has 0 saturated heterocycles. The van der Waals surface area contributed by atoms with Gasteiger partial charge in [-0.2, -0.15) is 5.26 Å². The van der Waals surface area contributed by atoms with E-state index in [9.17, 15) is 10.1 Å². The van der Waals surface area contributed by atoms with Gasteiger partial charge >= 0.3 is 0 Å². The molecule has 1 unspecified atom stereocenters. The molecule has 0 aliphatic carbocycles. The minimum Gasteiger partial charge on any atom is -0.496 e. The van der Waals surface area contributed by atoms with Crippen LogP contribution in [0.1, 0.15) is 36.8 Å². The van der Waals surface area contributed by atoms with Crippen molar-refractivity contribution in [1.29, 1.82) is 5.26 Å². The van der Waals surface area contributed by atoms with Crippen LogP contribution in [-0.2, 0) is 11.2 Å². The second-order valence-corrected chi connectivity index (χ2v) is 4.32. The summed E-state index contributed by atoms with van der Waals surface area (Å²) in [5, 5.41) is 11.9. The Balaban J connectivity index is 2.96. The second-order valence-electron chi connectivity index (χ2n) is 4.32. The van der Waals surface area contributed by atoms with Crippen LogP contribution in [0.25, 0.3) is 0 Å². The van der Waals surface area contributed by atoms with Crippen molar-refractivity contribution < 1.29 is 9.53 Å². The molecule has 1 atom stereocenters. The third-order valence-corrected chi connectivity index (χ3v) is 3.17. The predicted molar refractivity (Wildman–Crippen MR) is 74.0 cm³/mol. The molecule has 102 valence electrons. The van der Waals surface area contributed by atoms with Crippen LogP contribution in [0.15, 0.2) is 18.2 Å². The van der Waals surface area contributed by atoms with E-state index in [0.29, 0.717) is 18.6 Å². The SMILES string of the molecule is CCc1ccc(OC)c(C(C#N)CCC(=O)NC)c1. The Labute approximate surface area is 114 Å². The normalized spacial score (nSPS) is 11.5. The van der Waals surface area contributed by atoms with Crippen molar-refractivity contribution >= 4 is 5.91 Å². The molecule has 0 saturated carbocycles. The van der Waals surface area contributed by atoms with Gasteiger partial charge in [0.15, 0.2) is 0 Å². The van der Waals surface area contributed by atoms with E-state index < -0.39 is 0 Å². The highest BCUT2D eigenvalue weighted by Crippen LogP contribution is 2.30. The van der Waals surface area contributed by atoms with Gasteiger partial charge in [-0.3, -0.25) is 4.79 Å². The summed E-state index contributed by atoms with van der Waals surface area (Å²) in [6.45, 7) is 2.07. The molecule has 0 radical (unpaired) electrons. The molecule has 0 heterocycles. The lowest BCUT2D eigenvalue weighted by atomic mass is 9.92. The summed E-state index contributed by atoms with van der Waals surface area (Å²) >= 11 is 0. The van der Waals surface area contributed by atoms with E-state index in [1.807, 2.05) is 18.2 Å². The molecule has 0 aliphatic rings. The summed E-state index contributed by atoms with van der Waals surface area (Å²) in [5.74, 6) is 0.338. The van der Waals surface area contributed by atoms with Gasteiger partial charge < -0.3 is 10.1 Å². The number of aryl methyl sites for hydroxylation is 1. The van der Waals surface area contributed by atoms with Crippen molar-refractivity contribution in [2.45, 2.75) is 32.1 Å². The Morgan fingerprint density at radius 1 is 1.53 bits per heavy atom. The lowest BCUT2D eigenvalue weighted by Gasteiger charge is -2.14. The number of ether oxygens (including phenoxy) is 1. The third kappa shape index (κ3) is 3.99. The lowest BCUT2D eigenvalue weighted by molar-refractivity contribution is -0.120. The minimum atomic E-state index is -0.321. The first-order valence-corrected chi connectivity index (χ1v) is 6.43. The maximum absolute atomic E-state index is 11.3. The molecule has 4 heteroatoms. The summed E-state index contributed by atoms with van der Waals surface area (Å²) in [7, 11) is 3.19. The molecule has 1 N–H and O–H groups in total. The fourth-order valence-electron chi connectivity index (χ4n) is 1.97. The summed E-state index contributed by atoms with van der Waals surface area (Å²) in [5.41, 5.74) is 2.03. The highest BCUT2D eigenvalue weighted by molar-refractivity contribution is 5.75. The quantitative estimate of drug-likeness (QED) is 0.854. The maximum atomic E-state index is 11.3. The molecule has 1 rings (SSSR count). The van der Waals surface area contributed by atoms with Gasteiger partial charge in [0.2, 0.25) is 5.91 Å². The van der Waals surface area contributed by atoms with Gasteiger partial charge in [0, 0.05) is 19.0 Å². The van der Waals surface area contributed by atoms with Gasteiger partial charge in [-0.15, -0.1) is 0 Å². The van der Waals surface area contributed by atoms with Gasteiger partial charge in [-0.05, 0) is 24.5 Å². The van der Waals surface area contributed by atoms with Crippen LogP contribution < -0.4 is 10.1 Å². The van der Waals surface area contributed by atoms with Gasteiger partial charge in [-0.1, -0.05) is 19.1 Å². The zero-order chi connectivity index (χ0) is 14.3. The van der Waals surface area contributed by atoms with Crippen LogP contribution in [0.4, 0.5) is 0 Å². The first kappa shape index (κ1) is 15.0. The van der Waals surface area contributed by atoms with Crippen LogP contribution in [0, 0.1) is 11.3 Å². The van der Waals surface area contributed by atoms with E-state index in [1.165, 1.54) is 0 Å². The molecule has 19 heavy (non-hydrogen) atoms. The van der Waals surface area contributed by atoms with E-state index in [4.69, 9.17) is 4.74 Å². The highest BCUT2D eigenvalue weighted by atomic mass is 16.5. The Hall–Kier alpha value is -2.02. The Kier molecular flexibility index (Phi) is 5.87. The molecule has 0 bridgehead atoms. The zero-order valence-electron chi connectivity index (χ0n) is 11.7. The van der Waals surface area contributed by atoms with Crippen molar-refractivity contribution in [2.24, 2.45) is 0 Å². The van der Waals surface area contributed by atoms with Crippen LogP contribution in [0.3, 0.4) is 0 Å². The van der Waals surface area contributed by atoms with E-state index in [2.05, 4.69) is 18.3 Å². The number of methoxy groups -OCH3 is 1. The topological polar surface area (TPSA) is 62.1 Å². The Bertz CT molecular complexity index is 478. The number of hydrogen-bond donors (Lipinski definition) is 1. The summed E-state index contributed by atoms with van der Waals surface area (Å²) in [6.07, 6.45) is 1.75. The average Bonchev–Trinajstić information content (AvgIpc) is 2.47. The van der Waals surface area contributed by atoms with Crippen molar-refractivity contribution in [2.75, 3.05) is 14.2 Å². The van der Waals surface area contributed by atoms with Gasteiger partial charge in [0.25, 0.3) is 0 Å². The molecule has 0 aliphatic heterocycles. The van der Waals surface area contributed by atoms with E-state index in [1.54, 1.807) is 14.2 Å². The van der Waals surface area contributed by atoms with Crippen LogP contribution in [0.5, 0.6) is 5.75 Å². The number of nitrogens with one attached hydrogen (secondary N) is 1. The van der Waals surface area contributed by atoms with Crippen molar-refractivity contribution in [3.63, 3.8) is 0 Å². The van der Waals surface area contributed by atoms with Crippen molar-refractivity contribution in [3.05, 3.63) is 29.3 Å². The molecule has 0 aromatic heterocycles. The number of carbonyl (C=O) groups is 1. The molecule has 0 fully saturated rings. The number of amides is 1. The predicted octanol–water partition coefficient (Wildman–Crippen LogP) is 2.39. The number of hydrogen-bond acceptors (Lipinski definition) is 3. The van der Waals surface area contributed by atoms with Gasteiger partial charge in [0.1, 0.15) is 5.75 Å². The molecule has 1 aromatic carbocycles. The fraction of sp³-hybridized carbons (Fsp3) is 0.467. The summed E-state index contributed by atoms with van der Waals surface area (Å²) < 4.78 is 5.31. The van der Waals surface area contributed by atoms with Crippen molar-refractivity contribution in [3.8, 4) is 11.8 Å². The van der Waals surface area contributed by atoms with E-state index >= 15 is 0 Å². The minimum absolute atomic E-state index is 0.0501. The average molecular weight is 260 g/mol. The molecular formula is C15H20N2O2. The first-order chi connectivity index (χ1) is 9.15. The van der Waals surface area contributed by atoms with Gasteiger partial charge in [-0.25, -0.2) is 0 Å². The number of carbonyl (C=O) groups excluding carboxylic acids is 1. The second kappa shape index (κ2) is 7.42. The molecule has 4 nitrogen and oxygen atoms in total. The molecule has 1 amide bonds. The largest absolute Gasteiger partial charge is 0.496 e. The fourth-order valence-corrected chi connectivity index (χ4v) is 1.97. The van der Waals surface area contributed by atoms with Crippen LogP contribution in [-0.4, -0.2) is 20.1 Å². The van der Waals surface area contributed by atoms with Crippen LogP contribution >= 0.6 is 0 Å². The Morgan fingerprint density at radius 2 is 2.26 bits per heavy atom. The summed E-state index contributed by atoms with van der Waals surface area (Å²) in [6, 6.07) is 8.14. The van der Waals surface area contributed by atoms with Crippen molar-refractivity contribution in [1.82, 2.24) is 5.32 Å². The van der Waals surface area contributed by atoms with E-state index in [0.717, 1.165) is 17.5 Å². The zero-order valence-corrected chi connectivity index (χ0v) is 11.7. The van der Waals surface area contributed by atoms with Crippen LogP contribution in [0.2, 0.25) is 0 Å². The number of benzene rings is 1.